The first-order chi connectivity index (χ1) is 7.49. The number of nitrogens with one attached hydrogen (secondary N) is 3. The maximum absolute atomic E-state index is 11.5. The summed E-state index contributed by atoms with van der Waals surface area (Å²) in [5.74, 6) is 0.0827. The van der Waals surface area contributed by atoms with E-state index in [1.807, 2.05) is 13.8 Å². The first-order valence-corrected chi connectivity index (χ1v) is 6.83. The van der Waals surface area contributed by atoms with Crippen molar-refractivity contribution in [3.05, 3.63) is 18.2 Å². The molecule has 92 valence electrons. The van der Waals surface area contributed by atoms with Gasteiger partial charge in [-0.25, -0.2) is 18.1 Å². The van der Waals surface area contributed by atoms with Gasteiger partial charge in [-0.05, 0) is 0 Å². The van der Waals surface area contributed by atoms with Gasteiger partial charge < -0.3 is 10.3 Å². The van der Waals surface area contributed by atoms with Gasteiger partial charge in [0, 0.05) is 24.5 Å². The van der Waals surface area contributed by atoms with Crippen molar-refractivity contribution in [3.8, 4) is 0 Å². The molecule has 0 radical (unpaired) electrons. The van der Waals surface area contributed by atoms with Crippen molar-refractivity contribution in [2.24, 2.45) is 0 Å². The van der Waals surface area contributed by atoms with Gasteiger partial charge in [0.1, 0.15) is 0 Å². The Morgan fingerprint density at radius 3 is 2.81 bits per heavy atom. The van der Waals surface area contributed by atoms with Crippen LogP contribution in [0.15, 0.2) is 12.5 Å². The molecule has 0 aliphatic carbocycles. The van der Waals surface area contributed by atoms with Crippen LogP contribution >= 0.6 is 0 Å². The number of aromatic amines is 1. The molecule has 0 aromatic carbocycles. The van der Waals surface area contributed by atoms with Crippen LogP contribution in [0.25, 0.3) is 0 Å². The summed E-state index contributed by atoms with van der Waals surface area (Å²) in [5, 5.41) is 3.06. The Kier molecular flexibility index (Phi) is 4.91. The van der Waals surface area contributed by atoms with Crippen LogP contribution in [-0.4, -0.2) is 36.7 Å². The lowest BCUT2D eigenvalue weighted by Gasteiger charge is -2.09. The van der Waals surface area contributed by atoms with Crippen LogP contribution in [-0.2, 0) is 16.6 Å². The van der Waals surface area contributed by atoms with E-state index in [1.165, 1.54) is 6.33 Å². The average Bonchev–Trinajstić information content (AvgIpc) is 2.66. The molecule has 0 fully saturated rings. The minimum Gasteiger partial charge on any atom is -0.347 e. The Morgan fingerprint density at radius 2 is 2.25 bits per heavy atom. The predicted octanol–water partition coefficient (Wildman–Crippen LogP) is -0.173. The van der Waals surface area contributed by atoms with Gasteiger partial charge in [0.05, 0.1) is 18.6 Å². The van der Waals surface area contributed by atoms with Crippen LogP contribution in [0.5, 0.6) is 0 Å². The molecule has 0 saturated carbocycles. The minimum absolute atomic E-state index is 0.0827. The summed E-state index contributed by atoms with van der Waals surface area (Å²) in [6.07, 6.45) is 3.11. The van der Waals surface area contributed by atoms with E-state index in [0.29, 0.717) is 12.6 Å². The molecule has 1 rings (SSSR count). The molecule has 0 spiro atoms. The lowest BCUT2D eigenvalue weighted by molar-refractivity contribution is 0.566. The smallest absolute Gasteiger partial charge is 0.213 e. The fourth-order valence-electron chi connectivity index (χ4n) is 1.12. The molecule has 0 aliphatic heterocycles. The highest BCUT2D eigenvalue weighted by Crippen LogP contribution is 1.92. The number of hydrogen-bond acceptors (Lipinski definition) is 4. The van der Waals surface area contributed by atoms with Gasteiger partial charge in [-0.15, -0.1) is 0 Å². The van der Waals surface area contributed by atoms with Crippen LogP contribution < -0.4 is 10.0 Å². The van der Waals surface area contributed by atoms with E-state index in [0.717, 1.165) is 5.69 Å². The number of imidazole rings is 1. The van der Waals surface area contributed by atoms with E-state index in [2.05, 4.69) is 20.0 Å². The highest BCUT2D eigenvalue weighted by Gasteiger charge is 2.09. The first-order valence-electron chi connectivity index (χ1n) is 5.17. The molecule has 16 heavy (non-hydrogen) atoms. The highest BCUT2D eigenvalue weighted by atomic mass is 32.2. The second-order valence-corrected chi connectivity index (χ2v) is 5.75. The summed E-state index contributed by atoms with van der Waals surface area (Å²) in [6.45, 7) is 4.66. The fourth-order valence-corrected chi connectivity index (χ4v) is 2.03. The summed E-state index contributed by atoms with van der Waals surface area (Å²) in [6, 6.07) is 0.294. The van der Waals surface area contributed by atoms with Crippen LogP contribution in [0.4, 0.5) is 0 Å². The molecule has 0 unspecified atom stereocenters. The zero-order valence-electron chi connectivity index (χ0n) is 9.53. The molecular formula is C9H18N4O2S. The van der Waals surface area contributed by atoms with Gasteiger partial charge in [0.2, 0.25) is 10.0 Å². The van der Waals surface area contributed by atoms with Crippen LogP contribution in [0.3, 0.4) is 0 Å². The van der Waals surface area contributed by atoms with Gasteiger partial charge in [-0.2, -0.15) is 0 Å². The molecule has 3 N–H and O–H groups in total. The van der Waals surface area contributed by atoms with Gasteiger partial charge >= 0.3 is 0 Å². The largest absolute Gasteiger partial charge is 0.347 e. The zero-order chi connectivity index (χ0) is 12.0. The van der Waals surface area contributed by atoms with Gasteiger partial charge in [-0.1, -0.05) is 13.8 Å². The number of nitrogens with zero attached hydrogens (tertiary/aromatic N) is 1. The number of H-pyrrole nitrogens is 1. The number of hydrogen-bond donors (Lipinski definition) is 3. The van der Waals surface area contributed by atoms with Gasteiger partial charge in [0.15, 0.2) is 0 Å². The minimum atomic E-state index is -3.21. The molecule has 1 aromatic rings. The maximum Gasteiger partial charge on any atom is 0.213 e. The first kappa shape index (κ1) is 13.1. The Hall–Kier alpha value is -0.920. The summed E-state index contributed by atoms with van der Waals surface area (Å²) in [5.41, 5.74) is 0.750. The molecule has 0 bridgehead atoms. The van der Waals surface area contributed by atoms with Crippen molar-refractivity contribution >= 4 is 10.0 Å². The van der Waals surface area contributed by atoms with E-state index in [-0.39, 0.29) is 12.3 Å². The quantitative estimate of drug-likeness (QED) is 0.623. The molecule has 1 heterocycles. The number of rotatable bonds is 7. The molecular weight excluding hydrogens is 228 g/mol. The van der Waals surface area contributed by atoms with E-state index in [1.54, 1.807) is 6.20 Å². The monoisotopic (exact) mass is 246 g/mol. The third-order valence-electron chi connectivity index (χ3n) is 1.96. The third-order valence-corrected chi connectivity index (χ3v) is 3.29. The molecule has 6 nitrogen and oxygen atoms in total. The van der Waals surface area contributed by atoms with Crippen molar-refractivity contribution < 1.29 is 8.42 Å². The Balaban J connectivity index is 2.29. The molecule has 0 aliphatic rings. The van der Waals surface area contributed by atoms with E-state index < -0.39 is 10.0 Å². The van der Waals surface area contributed by atoms with Gasteiger partial charge in [0.25, 0.3) is 0 Å². The summed E-state index contributed by atoms with van der Waals surface area (Å²) in [7, 11) is -3.21. The van der Waals surface area contributed by atoms with E-state index in [4.69, 9.17) is 0 Å². The summed E-state index contributed by atoms with van der Waals surface area (Å²) in [4.78, 5) is 6.64. The van der Waals surface area contributed by atoms with Crippen LogP contribution in [0.2, 0.25) is 0 Å². The standard InChI is InChI=1S/C9H18N4O2S/c1-8(2)11-3-4-16(14,15)13-6-9-5-10-7-12-9/h5,7-8,11,13H,3-4,6H2,1-2H3,(H,10,12). The van der Waals surface area contributed by atoms with Crippen molar-refractivity contribution in [1.82, 2.24) is 20.0 Å². The summed E-state index contributed by atoms with van der Waals surface area (Å²) >= 11 is 0. The molecule has 0 amide bonds. The van der Waals surface area contributed by atoms with Crippen LogP contribution in [0, 0.1) is 0 Å². The second-order valence-electron chi connectivity index (χ2n) is 3.83. The fraction of sp³-hybridized carbons (Fsp3) is 0.667. The topological polar surface area (TPSA) is 86.9 Å². The lowest BCUT2D eigenvalue weighted by atomic mass is 10.4. The van der Waals surface area contributed by atoms with E-state index in [9.17, 15) is 8.42 Å². The highest BCUT2D eigenvalue weighted by molar-refractivity contribution is 7.89. The predicted molar refractivity (Wildman–Crippen MR) is 62.4 cm³/mol. The Labute approximate surface area is 95.9 Å². The van der Waals surface area contributed by atoms with E-state index >= 15 is 0 Å². The van der Waals surface area contributed by atoms with Crippen molar-refractivity contribution in [2.45, 2.75) is 26.4 Å². The van der Waals surface area contributed by atoms with Crippen molar-refractivity contribution in [2.75, 3.05) is 12.3 Å². The van der Waals surface area contributed by atoms with Crippen molar-refractivity contribution in [1.29, 1.82) is 0 Å². The number of sulfonamides is 1. The number of aromatic nitrogens is 2. The maximum atomic E-state index is 11.5. The lowest BCUT2D eigenvalue weighted by Crippen LogP contribution is -2.34. The molecule has 0 atom stereocenters. The molecule has 7 heteroatoms. The van der Waals surface area contributed by atoms with Crippen LogP contribution in [0.1, 0.15) is 19.5 Å². The normalized spacial score (nSPS) is 12.2. The zero-order valence-corrected chi connectivity index (χ0v) is 10.3. The third kappa shape index (κ3) is 5.24. The molecule has 0 saturated heterocycles. The molecule has 1 aromatic heterocycles. The average molecular weight is 246 g/mol. The van der Waals surface area contributed by atoms with Gasteiger partial charge in [-0.3, -0.25) is 0 Å². The Bertz CT molecular complexity index is 386. The summed E-state index contributed by atoms with van der Waals surface area (Å²) < 4.78 is 25.5. The SMILES string of the molecule is CC(C)NCCS(=O)(=O)NCc1cnc[nH]1. The van der Waals surface area contributed by atoms with Crippen molar-refractivity contribution in [3.63, 3.8) is 0 Å². The Morgan fingerprint density at radius 1 is 1.50 bits per heavy atom. The second kappa shape index (κ2) is 5.97.